The van der Waals surface area contributed by atoms with Gasteiger partial charge in [0, 0.05) is 30.6 Å². The van der Waals surface area contributed by atoms with Crippen molar-refractivity contribution in [1.29, 1.82) is 0 Å². The second-order valence-electron chi connectivity index (χ2n) is 7.08. The zero-order valence-corrected chi connectivity index (χ0v) is 13.9. The van der Waals surface area contributed by atoms with E-state index in [4.69, 9.17) is 5.73 Å². The number of carbonyl (C=O) groups excluding carboxylic acids is 1. The highest BCUT2D eigenvalue weighted by Crippen LogP contribution is 2.28. The Balaban J connectivity index is 1.53. The van der Waals surface area contributed by atoms with Crippen molar-refractivity contribution >= 4 is 5.91 Å². The van der Waals surface area contributed by atoms with Gasteiger partial charge >= 0.3 is 0 Å². The van der Waals surface area contributed by atoms with Gasteiger partial charge in [0.15, 0.2) is 0 Å². The Morgan fingerprint density at radius 2 is 1.71 bits per heavy atom. The lowest BCUT2D eigenvalue weighted by atomic mass is 9.90. The summed E-state index contributed by atoms with van der Waals surface area (Å²) >= 11 is 0. The second kappa shape index (κ2) is 6.40. The summed E-state index contributed by atoms with van der Waals surface area (Å²) in [4.78, 5) is 14.8. The van der Waals surface area contributed by atoms with Gasteiger partial charge in [-0.15, -0.1) is 0 Å². The summed E-state index contributed by atoms with van der Waals surface area (Å²) in [6.45, 7) is 1.34. The number of benzene rings is 2. The van der Waals surface area contributed by atoms with E-state index in [-0.39, 0.29) is 17.9 Å². The minimum Gasteiger partial charge on any atom is -0.336 e. The van der Waals surface area contributed by atoms with Crippen molar-refractivity contribution in [2.75, 3.05) is 13.1 Å². The monoisotopic (exact) mass is 320 g/mol. The molecule has 1 fully saturated rings. The Morgan fingerprint density at radius 1 is 0.958 bits per heavy atom. The van der Waals surface area contributed by atoms with E-state index in [2.05, 4.69) is 24.3 Å². The third-order valence-electron chi connectivity index (χ3n) is 5.48. The van der Waals surface area contributed by atoms with Crippen molar-refractivity contribution in [3.63, 3.8) is 0 Å². The van der Waals surface area contributed by atoms with Gasteiger partial charge in [0.25, 0.3) is 5.91 Å². The minimum absolute atomic E-state index is 0.00831. The molecule has 1 aliphatic carbocycles. The van der Waals surface area contributed by atoms with Crippen molar-refractivity contribution in [2.24, 2.45) is 5.73 Å². The maximum absolute atomic E-state index is 12.9. The van der Waals surface area contributed by atoms with Gasteiger partial charge in [0.2, 0.25) is 0 Å². The zero-order chi connectivity index (χ0) is 16.5. The lowest BCUT2D eigenvalue weighted by Crippen LogP contribution is -2.32. The Morgan fingerprint density at radius 3 is 2.50 bits per heavy atom. The van der Waals surface area contributed by atoms with E-state index in [0.717, 1.165) is 18.4 Å². The van der Waals surface area contributed by atoms with Crippen molar-refractivity contribution in [3.8, 4) is 0 Å². The summed E-state index contributed by atoms with van der Waals surface area (Å²) in [5.41, 5.74) is 11.1. The van der Waals surface area contributed by atoms with E-state index in [1.54, 1.807) is 0 Å². The summed E-state index contributed by atoms with van der Waals surface area (Å²) in [6.07, 6.45) is 4.74. The molecular weight excluding hydrogens is 296 g/mol. The lowest BCUT2D eigenvalue weighted by molar-refractivity contribution is 0.0789. The SMILES string of the molecule is N[C@@H]1CN(C(=O)c2ccc3c(c2)CCCC3)C[C@H]1c1ccccc1. The number of nitrogens with two attached hydrogens (primary N) is 1. The number of hydrogen-bond donors (Lipinski definition) is 1. The molecule has 24 heavy (non-hydrogen) atoms. The molecule has 1 heterocycles. The van der Waals surface area contributed by atoms with E-state index in [0.29, 0.717) is 13.1 Å². The summed E-state index contributed by atoms with van der Waals surface area (Å²) in [5.74, 6) is 0.352. The van der Waals surface area contributed by atoms with Gasteiger partial charge in [-0.1, -0.05) is 36.4 Å². The topological polar surface area (TPSA) is 46.3 Å². The average molecular weight is 320 g/mol. The van der Waals surface area contributed by atoms with Crippen molar-refractivity contribution in [2.45, 2.75) is 37.6 Å². The standard InChI is InChI=1S/C21H24N2O/c22-20-14-23(13-19(20)16-7-2-1-3-8-16)21(24)18-11-10-15-6-4-5-9-17(15)12-18/h1-3,7-8,10-12,19-20H,4-6,9,13-14,22H2/t19-,20+/m0/s1. The van der Waals surface area contributed by atoms with Crippen LogP contribution in [-0.2, 0) is 12.8 Å². The van der Waals surface area contributed by atoms with Crippen molar-refractivity contribution < 1.29 is 4.79 Å². The van der Waals surface area contributed by atoms with Gasteiger partial charge in [-0.05, 0) is 54.5 Å². The summed E-state index contributed by atoms with van der Waals surface area (Å²) < 4.78 is 0. The zero-order valence-electron chi connectivity index (χ0n) is 13.9. The Labute approximate surface area is 143 Å². The van der Waals surface area contributed by atoms with Crippen molar-refractivity contribution in [1.82, 2.24) is 4.90 Å². The van der Waals surface area contributed by atoms with Gasteiger partial charge in [-0.25, -0.2) is 0 Å². The molecule has 2 aromatic carbocycles. The third-order valence-corrected chi connectivity index (χ3v) is 5.48. The number of aryl methyl sites for hydroxylation is 2. The highest BCUT2D eigenvalue weighted by Gasteiger charge is 2.34. The first-order valence-electron chi connectivity index (χ1n) is 8.94. The molecule has 3 nitrogen and oxygen atoms in total. The fourth-order valence-electron chi connectivity index (χ4n) is 4.10. The normalized spacial score (nSPS) is 23.1. The Hall–Kier alpha value is -2.13. The molecule has 0 spiro atoms. The molecule has 1 aliphatic heterocycles. The highest BCUT2D eigenvalue weighted by atomic mass is 16.2. The van der Waals surface area contributed by atoms with E-state index >= 15 is 0 Å². The number of carbonyl (C=O) groups is 1. The molecule has 1 amide bonds. The van der Waals surface area contributed by atoms with Gasteiger partial charge in [0.05, 0.1) is 0 Å². The van der Waals surface area contributed by atoms with Crippen LogP contribution >= 0.6 is 0 Å². The number of nitrogens with zero attached hydrogens (tertiary/aromatic N) is 1. The van der Waals surface area contributed by atoms with Crippen molar-refractivity contribution in [3.05, 3.63) is 70.8 Å². The summed E-state index contributed by atoms with van der Waals surface area (Å²) in [6, 6.07) is 16.6. The molecule has 2 aliphatic rings. The fourth-order valence-corrected chi connectivity index (χ4v) is 4.10. The Kier molecular flexibility index (Phi) is 4.11. The number of fused-ring (bicyclic) bond motifs is 1. The van der Waals surface area contributed by atoms with E-state index < -0.39 is 0 Å². The van der Waals surface area contributed by atoms with Crippen LogP contribution in [-0.4, -0.2) is 29.9 Å². The van der Waals surface area contributed by atoms with Crippen LogP contribution in [0.15, 0.2) is 48.5 Å². The molecule has 0 aromatic heterocycles. The fraction of sp³-hybridized carbons (Fsp3) is 0.381. The molecule has 0 saturated carbocycles. The van der Waals surface area contributed by atoms with Gasteiger partial charge in [-0.3, -0.25) is 4.79 Å². The number of rotatable bonds is 2. The molecule has 1 saturated heterocycles. The molecular formula is C21H24N2O. The molecule has 2 atom stereocenters. The molecule has 0 radical (unpaired) electrons. The molecule has 2 aromatic rings. The van der Waals surface area contributed by atoms with Crippen LogP contribution in [0.3, 0.4) is 0 Å². The van der Waals surface area contributed by atoms with Crippen LogP contribution in [0, 0.1) is 0 Å². The molecule has 4 rings (SSSR count). The molecule has 2 N–H and O–H groups in total. The maximum atomic E-state index is 12.9. The van der Waals surface area contributed by atoms with Crippen LogP contribution in [0.4, 0.5) is 0 Å². The van der Waals surface area contributed by atoms with E-state index in [1.807, 2.05) is 29.2 Å². The van der Waals surface area contributed by atoms with Gasteiger partial charge < -0.3 is 10.6 Å². The molecule has 124 valence electrons. The third kappa shape index (κ3) is 2.84. The number of amides is 1. The first-order valence-corrected chi connectivity index (χ1v) is 8.94. The van der Waals surface area contributed by atoms with Crippen LogP contribution in [0.5, 0.6) is 0 Å². The highest BCUT2D eigenvalue weighted by molar-refractivity contribution is 5.94. The quantitative estimate of drug-likeness (QED) is 0.924. The first-order chi connectivity index (χ1) is 11.7. The van der Waals surface area contributed by atoms with Crippen LogP contribution in [0.25, 0.3) is 0 Å². The van der Waals surface area contributed by atoms with Gasteiger partial charge in [-0.2, -0.15) is 0 Å². The molecule has 0 bridgehead atoms. The minimum atomic E-state index is 0.00831. The van der Waals surface area contributed by atoms with E-state index in [9.17, 15) is 4.79 Å². The lowest BCUT2D eigenvalue weighted by Gasteiger charge is -2.20. The number of hydrogen-bond acceptors (Lipinski definition) is 2. The van der Waals surface area contributed by atoms with Crippen LogP contribution < -0.4 is 5.73 Å². The summed E-state index contributed by atoms with van der Waals surface area (Å²) in [5, 5.41) is 0. The second-order valence-corrected chi connectivity index (χ2v) is 7.08. The molecule has 3 heteroatoms. The van der Waals surface area contributed by atoms with Crippen LogP contribution in [0.1, 0.15) is 45.8 Å². The predicted molar refractivity (Wildman–Crippen MR) is 96.1 cm³/mol. The predicted octanol–water partition coefficient (Wildman–Crippen LogP) is 3.13. The summed E-state index contributed by atoms with van der Waals surface area (Å²) in [7, 11) is 0. The molecule has 0 unspecified atom stereocenters. The number of likely N-dealkylation sites (tertiary alicyclic amines) is 1. The average Bonchev–Trinajstić information content (AvgIpc) is 3.03. The van der Waals surface area contributed by atoms with Gasteiger partial charge in [0.1, 0.15) is 0 Å². The first kappa shape index (κ1) is 15.4. The van der Waals surface area contributed by atoms with Crippen LogP contribution in [0.2, 0.25) is 0 Å². The van der Waals surface area contributed by atoms with E-state index in [1.165, 1.54) is 29.5 Å². The Bertz CT molecular complexity index is 741. The maximum Gasteiger partial charge on any atom is 0.253 e. The smallest absolute Gasteiger partial charge is 0.253 e. The largest absolute Gasteiger partial charge is 0.336 e.